The molecule has 0 aromatic heterocycles. The second-order valence-electron chi connectivity index (χ2n) is 7.86. The van der Waals surface area contributed by atoms with E-state index < -0.39 is 106 Å². The van der Waals surface area contributed by atoms with Gasteiger partial charge in [0.05, 0.1) is 12.8 Å². The number of hydrogen-bond acceptors (Lipinski definition) is 16. The van der Waals surface area contributed by atoms with Crippen molar-refractivity contribution in [3.8, 4) is 0 Å². The lowest BCUT2D eigenvalue weighted by molar-refractivity contribution is -0.161. The van der Waals surface area contributed by atoms with Gasteiger partial charge in [-0.05, 0) is 0 Å². The highest BCUT2D eigenvalue weighted by molar-refractivity contribution is 7.81. The molecule has 0 bridgehead atoms. The van der Waals surface area contributed by atoms with E-state index in [4.69, 9.17) is 9.11 Å². The van der Waals surface area contributed by atoms with Crippen LogP contribution in [0.1, 0.15) is 38.5 Å². The van der Waals surface area contributed by atoms with Crippen molar-refractivity contribution in [1.82, 2.24) is 9.80 Å². The Morgan fingerprint density at radius 3 is 1.15 bits per heavy atom. The third-order valence-corrected chi connectivity index (χ3v) is 5.80. The lowest BCUT2D eigenvalue weighted by Crippen LogP contribution is -2.47. The van der Waals surface area contributed by atoms with Crippen molar-refractivity contribution in [2.45, 2.75) is 50.6 Å². The van der Waals surface area contributed by atoms with Gasteiger partial charge in [-0.15, -0.1) is 0 Å². The van der Waals surface area contributed by atoms with Crippen molar-refractivity contribution in [1.29, 1.82) is 0 Å². The van der Waals surface area contributed by atoms with Gasteiger partial charge in [-0.25, -0.2) is 9.59 Å². The molecule has 2 heterocycles. The highest BCUT2D eigenvalue weighted by atomic mass is 32.3. The standard InChI is InChI=1S/C18H20N2O18S2/c21-11-1-2-12(22)19(11)9(17(27)37-39(29,30)31)7-15(25)35-5-6-36-16(26)8-10(18(28)38-40(32,33)34)20-13(23)3-4-14(20)24/h9-10H,1-8H2,(H,29,30,31)(H,32,33,34). The Labute approximate surface area is 224 Å². The van der Waals surface area contributed by atoms with Crippen molar-refractivity contribution in [2.24, 2.45) is 0 Å². The van der Waals surface area contributed by atoms with Crippen LogP contribution in [0, 0.1) is 0 Å². The average Bonchev–Trinajstić information content (AvgIpc) is 3.31. The second-order valence-corrected chi connectivity index (χ2v) is 9.90. The number of amides is 4. The van der Waals surface area contributed by atoms with Crippen molar-refractivity contribution in [2.75, 3.05) is 13.2 Å². The Kier molecular flexibility index (Phi) is 10.4. The summed E-state index contributed by atoms with van der Waals surface area (Å²) in [5, 5.41) is 0. The highest BCUT2D eigenvalue weighted by Gasteiger charge is 2.43. The summed E-state index contributed by atoms with van der Waals surface area (Å²) in [5.41, 5.74) is 0. The van der Waals surface area contributed by atoms with E-state index in [1.807, 2.05) is 0 Å². The van der Waals surface area contributed by atoms with Gasteiger partial charge in [-0.3, -0.25) is 47.7 Å². The van der Waals surface area contributed by atoms with E-state index in [1.165, 1.54) is 0 Å². The van der Waals surface area contributed by atoms with Crippen LogP contribution in [0.4, 0.5) is 0 Å². The molecule has 2 aliphatic heterocycles. The third-order valence-electron chi connectivity index (χ3n) is 5.05. The van der Waals surface area contributed by atoms with E-state index in [0.717, 1.165) is 0 Å². The molecule has 2 atom stereocenters. The summed E-state index contributed by atoms with van der Waals surface area (Å²) in [6, 6.07) is -4.24. The Morgan fingerprint density at radius 1 is 0.625 bits per heavy atom. The molecule has 2 fully saturated rings. The maximum Gasteiger partial charge on any atom is 0.449 e. The van der Waals surface area contributed by atoms with Crippen LogP contribution >= 0.6 is 0 Å². The van der Waals surface area contributed by atoms with Crippen molar-refractivity contribution < 1.29 is 82.1 Å². The van der Waals surface area contributed by atoms with E-state index in [-0.39, 0.29) is 35.5 Å². The normalized spacial score (nSPS) is 17.4. The fourth-order valence-electron chi connectivity index (χ4n) is 3.51. The van der Waals surface area contributed by atoms with Gasteiger partial charge < -0.3 is 17.8 Å². The Bertz CT molecular complexity index is 1200. The summed E-state index contributed by atoms with van der Waals surface area (Å²) in [5.74, 6) is -10.1. The zero-order valence-electron chi connectivity index (χ0n) is 19.9. The molecule has 20 nitrogen and oxygen atoms in total. The predicted octanol–water partition coefficient (Wildman–Crippen LogP) is -3.42. The van der Waals surface area contributed by atoms with Crippen LogP contribution in [0.2, 0.25) is 0 Å². The third kappa shape index (κ3) is 9.32. The summed E-state index contributed by atoms with van der Waals surface area (Å²) in [6.45, 7) is -1.51. The molecule has 0 spiro atoms. The molecule has 2 unspecified atom stereocenters. The number of ether oxygens (including phenoxy) is 2. The number of imide groups is 2. The summed E-state index contributed by atoms with van der Waals surface area (Å²) >= 11 is 0. The number of nitrogens with zero attached hydrogens (tertiary/aromatic N) is 2. The number of hydrogen-bond donors (Lipinski definition) is 2. The van der Waals surface area contributed by atoms with Gasteiger partial charge in [0.1, 0.15) is 25.3 Å². The zero-order valence-corrected chi connectivity index (χ0v) is 21.6. The maximum atomic E-state index is 12.1. The lowest BCUT2D eigenvalue weighted by Gasteiger charge is -2.23. The minimum absolute atomic E-state index is 0.265. The minimum atomic E-state index is -5.37. The molecule has 2 saturated heterocycles. The van der Waals surface area contributed by atoms with Gasteiger partial charge in [0.2, 0.25) is 23.6 Å². The highest BCUT2D eigenvalue weighted by Crippen LogP contribution is 2.21. The van der Waals surface area contributed by atoms with Crippen LogP contribution in [0.25, 0.3) is 0 Å². The molecule has 0 saturated carbocycles. The van der Waals surface area contributed by atoms with Crippen LogP contribution in [0.3, 0.4) is 0 Å². The van der Waals surface area contributed by atoms with E-state index in [9.17, 15) is 55.2 Å². The quantitative estimate of drug-likeness (QED) is 0.0881. The van der Waals surface area contributed by atoms with Crippen LogP contribution in [0.15, 0.2) is 0 Å². The molecule has 0 aromatic carbocycles. The number of likely N-dealkylation sites (tertiary alicyclic amines) is 2. The van der Waals surface area contributed by atoms with Crippen molar-refractivity contribution >= 4 is 68.3 Å². The second kappa shape index (κ2) is 12.9. The first kappa shape index (κ1) is 32.2. The van der Waals surface area contributed by atoms with Gasteiger partial charge >= 0.3 is 44.7 Å². The van der Waals surface area contributed by atoms with Crippen LogP contribution in [0.5, 0.6) is 0 Å². The molecule has 40 heavy (non-hydrogen) atoms. The van der Waals surface area contributed by atoms with Crippen molar-refractivity contribution in [3.63, 3.8) is 0 Å². The average molecular weight is 616 g/mol. The molecule has 0 aliphatic carbocycles. The van der Waals surface area contributed by atoms with Gasteiger partial charge in [0, 0.05) is 25.7 Å². The summed E-state index contributed by atoms with van der Waals surface area (Å²) < 4.78 is 77.6. The van der Waals surface area contributed by atoms with E-state index >= 15 is 0 Å². The SMILES string of the molecule is O=C(CC(C(=O)OS(=O)(=O)O)N1C(=O)CCC1=O)OCCOC(=O)CC(C(=O)OS(=O)(=O)O)N1C(=O)CCC1=O. The molecule has 4 amide bonds. The molecule has 0 aromatic rings. The molecular formula is C18H20N2O18S2. The fourth-order valence-corrected chi connectivity index (χ4v) is 4.14. The minimum Gasteiger partial charge on any atom is -0.462 e. The molecular weight excluding hydrogens is 596 g/mol. The lowest BCUT2D eigenvalue weighted by atomic mass is 10.2. The first-order valence-corrected chi connectivity index (χ1v) is 13.5. The maximum absolute atomic E-state index is 12.1. The Balaban J connectivity index is 1.96. The van der Waals surface area contributed by atoms with E-state index in [2.05, 4.69) is 17.8 Å². The zero-order chi connectivity index (χ0) is 30.4. The molecule has 22 heteroatoms. The smallest absolute Gasteiger partial charge is 0.449 e. The largest absolute Gasteiger partial charge is 0.462 e. The first-order valence-electron chi connectivity index (χ1n) is 10.8. The molecule has 2 N–H and O–H groups in total. The van der Waals surface area contributed by atoms with Gasteiger partial charge in [0.25, 0.3) is 0 Å². The monoisotopic (exact) mass is 616 g/mol. The van der Waals surface area contributed by atoms with Crippen molar-refractivity contribution in [3.05, 3.63) is 0 Å². The number of rotatable bonds is 13. The van der Waals surface area contributed by atoms with Gasteiger partial charge in [0.15, 0.2) is 0 Å². The summed E-state index contributed by atoms with van der Waals surface area (Å²) in [6.07, 6.45) is -3.66. The first-order chi connectivity index (χ1) is 18.4. The number of esters is 2. The number of carbonyl (C=O) groups excluding carboxylic acids is 8. The topological polar surface area (TPSA) is 289 Å². The molecule has 2 aliphatic rings. The van der Waals surface area contributed by atoms with E-state index in [0.29, 0.717) is 0 Å². The molecule has 0 radical (unpaired) electrons. The molecule has 222 valence electrons. The fraction of sp³-hybridized carbons (Fsp3) is 0.556. The van der Waals surface area contributed by atoms with Crippen LogP contribution in [-0.2, 0) is 77.0 Å². The summed E-state index contributed by atoms with van der Waals surface area (Å²) in [7, 11) is -10.7. The number of carbonyl (C=O) groups is 8. The predicted molar refractivity (Wildman–Crippen MR) is 116 cm³/mol. The van der Waals surface area contributed by atoms with E-state index in [1.54, 1.807) is 0 Å². The Hall–Kier alpha value is -4.02. The Morgan fingerprint density at radius 2 is 0.900 bits per heavy atom. The van der Waals surface area contributed by atoms with Gasteiger partial charge in [-0.1, -0.05) is 0 Å². The molecule has 2 rings (SSSR count). The van der Waals surface area contributed by atoms with Crippen LogP contribution < -0.4 is 0 Å². The van der Waals surface area contributed by atoms with Crippen LogP contribution in [-0.4, -0.2) is 109 Å². The van der Waals surface area contributed by atoms with Gasteiger partial charge in [-0.2, -0.15) is 16.8 Å². The summed E-state index contributed by atoms with van der Waals surface area (Å²) in [4.78, 5) is 96.6.